The first-order valence-corrected chi connectivity index (χ1v) is 9.21. The summed E-state index contributed by atoms with van der Waals surface area (Å²) in [4.78, 5) is 15.2. The van der Waals surface area contributed by atoms with Crippen LogP contribution < -0.4 is 4.74 Å². The average Bonchev–Trinajstić information content (AvgIpc) is 2.64. The quantitative estimate of drug-likeness (QED) is 0.732. The maximum atomic E-state index is 12.7. The molecule has 2 aromatic carbocycles. The van der Waals surface area contributed by atoms with Gasteiger partial charge < -0.3 is 4.74 Å². The van der Waals surface area contributed by atoms with Gasteiger partial charge in [-0.15, -0.1) is 0 Å². The summed E-state index contributed by atoms with van der Waals surface area (Å²) in [6, 6.07) is 13.5. The zero-order valence-electron chi connectivity index (χ0n) is 15.3. The molecule has 1 aliphatic rings. The first-order chi connectivity index (χ1) is 12.1. The number of piperidine rings is 1. The molecule has 0 amide bonds. The molecule has 0 aliphatic carbocycles. The summed E-state index contributed by atoms with van der Waals surface area (Å²) in [6.07, 6.45) is 3.95. The molecule has 132 valence electrons. The maximum absolute atomic E-state index is 12.7. The molecule has 3 heteroatoms. The summed E-state index contributed by atoms with van der Waals surface area (Å²) in [5, 5.41) is 0. The van der Waals surface area contributed by atoms with Crippen molar-refractivity contribution in [3.05, 3.63) is 64.7 Å². The lowest BCUT2D eigenvalue weighted by molar-refractivity contribution is 0.103. The fourth-order valence-corrected chi connectivity index (χ4v) is 3.40. The van der Waals surface area contributed by atoms with E-state index in [0.29, 0.717) is 6.61 Å². The van der Waals surface area contributed by atoms with Crippen LogP contribution in [0.5, 0.6) is 5.75 Å². The molecule has 2 aromatic rings. The summed E-state index contributed by atoms with van der Waals surface area (Å²) in [5.74, 6) is 0.944. The summed E-state index contributed by atoms with van der Waals surface area (Å²) in [7, 11) is 0. The van der Waals surface area contributed by atoms with Crippen LogP contribution in [0.15, 0.2) is 42.5 Å². The third-order valence-corrected chi connectivity index (χ3v) is 4.94. The van der Waals surface area contributed by atoms with Gasteiger partial charge in [-0.1, -0.05) is 30.7 Å². The summed E-state index contributed by atoms with van der Waals surface area (Å²) in [6.45, 7) is 8.02. The molecular weight excluding hydrogens is 310 g/mol. The van der Waals surface area contributed by atoms with Gasteiger partial charge in [-0.25, -0.2) is 0 Å². The average molecular weight is 337 g/mol. The minimum atomic E-state index is 0.0704. The van der Waals surface area contributed by atoms with Crippen molar-refractivity contribution in [2.45, 2.75) is 33.1 Å². The van der Waals surface area contributed by atoms with E-state index in [1.54, 1.807) is 0 Å². The molecule has 3 rings (SSSR count). The molecule has 0 radical (unpaired) electrons. The van der Waals surface area contributed by atoms with Crippen molar-refractivity contribution < 1.29 is 9.53 Å². The highest BCUT2D eigenvalue weighted by molar-refractivity contribution is 6.10. The predicted molar refractivity (Wildman–Crippen MR) is 102 cm³/mol. The number of likely N-dealkylation sites (tertiary alicyclic amines) is 1. The van der Waals surface area contributed by atoms with Crippen molar-refractivity contribution in [3.63, 3.8) is 0 Å². The second-order valence-corrected chi connectivity index (χ2v) is 6.88. The fourth-order valence-electron chi connectivity index (χ4n) is 3.40. The van der Waals surface area contributed by atoms with Crippen molar-refractivity contribution in [1.82, 2.24) is 4.90 Å². The van der Waals surface area contributed by atoms with Crippen LogP contribution in [0.25, 0.3) is 0 Å². The van der Waals surface area contributed by atoms with E-state index in [1.165, 1.54) is 32.4 Å². The Hall–Kier alpha value is -2.13. The van der Waals surface area contributed by atoms with E-state index in [0.717, 1.165) is 34.5 Å². The smallest absolute Gasteiger partial charge is 0.193 e. The van der Waals surface area contributed by atoms with Gasteiger partial charge in [0.25, 0.3) is 0 Å². The van der Waals surface area contributed by atoms with E-state index < -0.39 is 0 Å². The zero-order chi connectivity index (χ0) is 17.6. The topological polar surface area (TPSA) is 29.5 Å². The van der Waals surface area contributed by atoms with Gasteiger partial charge in [-0.05, 0) is 69.1 Å². The lowest BCUT2D eigenvalue weighted by Crippen LogP contribution is -2.33. The SMILES string of the molecule is Cc1cc(C(=O)c2ccccc2C)ccc1OCCN1CCCCC1. The largest absolute Gasteiger partial charge is 0.492 e. The molecule has 0 bridgehead atoms. The number of ketones is 1. The number of benzene rings is 2. The maximum Gasteiger partial charge on any atom is 0.193 e. The molecule has 25 heavy (non-hydrogen) atoms. The van der Waals surface area contributed by atoms with Crippen molar-refractivity contribution in [2.75, 3.05) is 26.2 Å². The monoisotopic (exact) mass is 337 g/mol. The van der Waals surface area contributed by atoms with Crippen LogP contribution in [0.2, 0.25) is 0 Å². The van der Waals surface area contributed by atoms with Crippen LogP contribution in [-0.4, -0.2) is 36.9 Å². The lowest BCUT2D eigenvalue weighted by Gasteiger charge is -2.26. The first kappa shape index (κ1) is 17.7. The molecule has 3 nitrogen and oxygen atoms in total. The van der Waals surface area contributed by atoms with Crippen LogP contribution in [0.4, 0.5) is 0 Å². The Bertz CT molecular complexity index is 733. The molecule has 0 spiro atoms. The van der Waals surface area contributed by atoms with Crippen LogP contribution in [0.1, 0.15) is 46.3 Å². The van der Waals surface area contributed by atoms with E-state index >= 15 is 0 Å². The third kappa shape index (κ3) is 4.49. The molecule has 0 N–H and O–H groups in total. The minimum Gasteiger partial charge on any atom is -0.492 e. The second kappa shape index (κ2) is 8.30. The summed E-state index contributed by atoms with van der Waals surface area (Å²) in [5.41, 5.74) is 3.50. The van der Waals surface area contributed by atoms with Gasteiger partial charge in [-0.3, -0.25) is 9.69 Å². The van der Waals surface area contributed by atoms with Gasteiger partial charge in [0, 0.05) is 17.7 Å². The van der Waals surface area contributed by atoms with E-state index in [2.05, 4.69) is 4.90 Å². The van der Waals surface area contributed by atoms with Gasteiger partial charge in [-0.2, -0.15) is 0 Å². The highest BCUT2D eigenvalue weighted by Gasteiger charge is 2.13. The Balaban J connectivity index is 1.62. The number of rotatable bonds is 6. The Labute approximate surface area is 150 Å². The molecule has 1 heterocycles. The minimum absolute atomic E-state index is 0.0704. The van der Waals surface area contributed by atoms with Crippen LogP contribution >= 0.6 is 0 Å². The van der Waals surface area contributed by atoms with Gasteiger partial charge in [0.1, 0.15) is 12.4 Å². The number of aryl methyl sites for hydroxylation is 2. The van der Waals surface area contributed by atoms with E-state index in [-0.39, 0.29) is 5.78 Å². The fraction of sp³-hybridized carbons (Fsp3) is 0.409. The number of nitrogens with zero attached hydrogens (tertiary/aromatic N) is 1. The van der Waals surface area contributed by atoms with Crippen molar-refractivity contribution in [1.29, 1.82) is 0 Å². The van der Waals surface area contributed by atoms with Gasteiger partial charge in [0.05, 0.1) is 0 Å². The molecule has 0 aromatic heterocycles. The standard InChI is InChI=1S/C22H27NO2/c1-17-8-4-5-9-20(17)22(24)19-10-11-21(18(2)16-19)25-15-14-23-12-6-3-7-13-23/h4-5,8-11,16H,3,6-7,12-15H2,1-2H3. The summed E-state index contributed by atoms with van der Waals surface area (Å²) < 4.78 is 5.95. The van der Waals surface area contributed by atoms with E-state index in [4.69, 9.17) is 4.74 Å². The van der Waals surface area contributed by atoms with Crippen LogP contribution in [0, 0.1) is 13.8 Å². The Morgan fingerprint density at radius 1 is 1.00 bits per heavy atom. The van der Waals surface area contributed by atoms with E-state index in [1.807, 2.05) is 56.3 Å². The number of ether oxygens (including phenoxy) is 1. The third-order valence-electron chi connectivity index (χ3n) is 4.94. The number of hydrogen-bond acceptors (Lipinski definition) is 3. The number of carbonyl (C=O) groups is 1. The van der Waals surface area contributed by atoms with Gasteiger partial charge in [0.15, 0.2) is 5.78 Å². The highest BCUT2D eigenvalue weighted by Crippen LogP contribution is 2.22. The number of carbonyl (C=O) groups excluding carboxylic acids is 1. The van der Waals surface area contributed by atoms with Crippen molar-refractivity contribution in [3.8, 4) is 5.75 Å². The summed E-state index contributed by atoms with van der Waals surface area (Å²) >= 11 is 0. The zero-order valence-corrected chi connectivity index (χ0v) is 15.3. The van der Waals surface area contributed by atoms with E-state index in [9.17, 15) is 4.79 Å². The van der Waals surface area contributed by atoms with Crippen molar-refractivity contribution in [2.24, 2.45) is 0 Å². The van der Waals surface area contributed by atoms with Gasteiger partial charge in [0.2, 0.25) is 0 Å². The molecule has 0 atom stereocenters. The predicted octanol–water partition coefficient (Wildman–Crippen LogP) is 4.40. The highest BCUT2D eigenvalue weighted by atomic mass is 16.5. The first-order valence-electron chi connectivity index (χ1n) is 9.21. The van der Waals surface area contributed by atoms with Gasteiger partial charge >= 0.3 is 0 Å². The van der Waals surface area contributed by atoms with Crippen molar-refractivity contribution >= 4 is 5.78 Å². The lowest BCUT2D eigenvalue weighted by atomic mass is 9.98. The Morgan fingerprint density at radius 3 is 2.48 bits per heavy atom. The normalized spacial score (nSPS) is 15.1. The molecule has 1 fully saturated rings. The van der Waals surface area contributed by atoms with Crippen LogP contribution in [0.3, 0.4) is 0 Å². The van der Waals surface area contributed by atoms with Crippen LogP contribution in [-0.2, 0) is 0 Å². The second-order valence-electron chi connectivity index (χ2n) is 6.88. The Kier molecular flexibility index (Phi) is 5.87. The molecular formula is C22H27NO2. The Morgan fingerprint density at radius 2 is 1.76 bits per heavy atom. The molecule has 0 unspecified atom stereocenters. The molecule has 1 aliphatic heterocycles. The number of hydrogen-bond donors (Lipinski definition) is 0. The molecule has 1 saturated heterocycles. The molecule has 0 saturated carbocycles.